The smallest absolute Gasteiger partial charge is 0.334 e. The van der Waals surface area contributed by atoms with Gasteiger partial charge in [0.15, 0.2) is 6.10 Å². The Balaban J connectivity index is 1.81. The van der Waals surface area contributed by atoms with Crippen LogP contribution in [0.4, 0.5) is 0 Å². The third-order valence-electron chi connectivity index (χ3n) is 3.50. The van der Waals surface area contributed by atoms with Crippen LogP contribution in [-0.2, 0) is 20.7 Å². The Morgan fingerprint density at radius 1 is 1.22 bits per heavy atom. The van der Waals surface area contributed by atoms with E-state index in [4.69, 9.17) is 9.84 Å². The standard InChI is InChI=1S/C17H20N2O4/c1-23-15(17(21)22)11-18-16(20)10-8-13-7-9-14(19-13)12-5-3-2-4-6-12/h2-7,9,15,19H,8,10-11H2,1H3,(H,18,20)(H,21,22). The molecule has 0 aliphatic heterocycles. The van der Waals surface area contributed by atoms with Crippen LogP contribution in [0.25, 0.3) is 11.3 Å². The molecule has 6 heteroatoms. The van der Waals surface area contributed by atoms with Gasteiger partial charge in [-0.1, -0.05) is 30.3 Å². The molecule has 0 saturated heterocycles. The second-order valence-electron chi connectivity index (χ2n) is 5.13. The summed E-state index contributed by atoms with van der Waals surface area (Å²) in [6, 6.07) is 13.9. The van der Waals surface area contributed by atoms with E-state index in [9.17, 15) is 9.59 Å². The number of carboxylic acid groups (broad SMARTS) is 1. The zero-order chi connectivity index (χ0) is 16.7. The number of carbonyl (C=O) groups excluding carboxylic acids is 1. The first-order valence-corrected chi connectivity index (χ1v) is 7.35. The van der Waals surface area contributed by atoms with Crippen LogP contribution in [0, 0.1) is 0 Å². The molecular formula is C17H20N2O4. The van der Waals surface area contributed by atoms with Crippen LogP contribution in [0.15, 0.2) is 42.5 Å². The number of hydrogen-bond acceptors (Lipinski definition) is 3. The highest BCUT2D eigenvalue weighted by Crippen LogP contribution is 2.18. The van der Waals surface area contributed by atoms with Crippen LogP contribution in [0.5, 0.6) is 0 Å². The number of aryl methyl sites for hydroxylation is 1. The molecule has 6 nitrogen and oxygen atoms in total. The van der Waals surface area contributed by atoms with Gasteiger partial charge in [-0.3, -0.25) is 4.79 Å². The van der Waals surface area contributed by atoms with E-state index in [0.717, 1.165) is 17.0 Å². The zero-order valence-corrected chi connectivity index (χ0v) is 12.9. The highest BCUT2D eigenvalue weighted by molar-refractivity contribution is 5.78. The van der Waals surface area contributed by atoms with Gasteiger partial charge in [0.05, 0.1) is 6.54 Å². The largest absolute Gasteiger partial charge is 0.479 e. The first kappa shape index (κ1) is 16.8. The van der Waals surface area contributed by atoms with Crippen LogP contribution in [0.2, 0.25) is 0 Å². The Labute approximate surface area is 134 Å². The molecule has 1 atom stereocenters. The normalized spacial score (nSPS) is 11.9. The summed E-state index contributed by atoms with van der Waals surface area (Å²) in [5.74, 6) is -1.30. The van der Waals surface area contributed by atoms with Gasteiger partial charge in [0.2, 0.25) is 5.91 Å². The SMILES string of the molecule is COC(CNC(=O)CCc1ccc(-c2ccccc2)[nH]1)C(=O)O. The minimum Gasteiger partial charge on any atom is -0.479 e. The molecule has 23 heavy (non-hydrogen) atoms. The van der Waals surface area contributed by atoms with Crippen molar-refractivity contribution in [2.24, 2.45) is 0 Å². The number of hydrogen-bond donors (Lipinski definition) is 3. The lowest BCUT2D eigenvalue weighted by Gasteiger charge is -2.11. The molecule has 1 heterocycles. The summed E-state index contributed by atoms with van der Waals surface area (Å²) < 4.78 is 4.76. The highest BCUT2D eigenvalue weighted by atomic mass is 16.5. The minimum atomic E-state index is -1.09. The lowest BCUT2D eigenvalue weighted by Crippen LogP contribution is -2.37. The topological polar surface area (TPSA) is 91.4 Å². The molecule has 0 aliphatic rings. The Morgan fingerprint density at radius 2 is 1.96 bits per heavy atom. The van der Waals surface area contributed by atoms with Gasteiger partial charge in [-0.15, -0.1) is 0 Å². The Hall–Kier alpha value is -2.60. The van der Waals surface area contributed by atoms with E-state index in [-0.39, 0.29) is 18.9 Å². The van der Waals surface area contributed by atoms with Gasteiger partial charge in [-0.2, -0.15) is 0 Å². The predicted molar refractivity (Wildman–Crippen MR) is 86.0 cm³/mol. The van der Waals surface area contributed by atoms with E-state index in [1.54, 1.807) is 0 Å². The Kier molecular flexibility index (Phi) is 5.94. The number of aromatic amines is 1. The number of ether oxygens (including phenoxy) is 1. The van der Waals surface area contributed by atoms with Crippen molar-refractivity contribution in [3.63, 3.8) is 0 Å². The first-order valence-electron chi connectivity index (χ1n) is 7.35. The second kappa shape index (κ2) is 8.14. The van der Waals surface area contributed by atoms with Gasteiger partial charge in [-0.25, -0.2) is 4.79 Å². The number of aromatic nitrogens is 1. The van der Waals surface area contributed by atoms with Gasteiger partial charge in [0, 0.05) is 24.9 Å². The molecule has 1 aromatic carbocycles. The van der Waals surface area contributed by atoms with Crippen LogP contribution in [0.1, 0.15) is 12.1 Å². The summed E-state index contributed by atoms with van der Waals surface area (Å²) >= 11 is 0. The van der Waals surface area contributed by atoms with Crippen molar-refractivity contribution in [1.82, 2.24) is 10.3 Å². The lowest BCUT2D eigenvalue weighted by molar-refractivity contribution is -0.148. The third-order valence-corrected chi connectivity index (χ3v) is 3.50. The van der Waals surface area contributed by atoms with Crippen molar-refractivity contribution < 1.29 is 19.4 Å². The van der Waals surface area contributed by atoms with E-state index >= 15 is 0 Å². The van der Waals surface area contributed by atoms with Crippen molar-refractivity contribution in [3.05, 3.63) is 48.2 Å². The van der Waals surface area contributed by atoms with Crippen molar-refractivity contribution in [1.29, 1.82) is 0 Å². The number of aliphatic carboxylic acids is 1. The molecule has 2 rings (SSSR count). The second-order valence-corrected chi connectivity index (χ2v) is 5.13. The van der Waals surface area contributed by atoms with Crippen molar-refractivity contribution in [2.45, 2.75) is 18.9 Å². The molecule has 122 valence electrons. The van der Waals surface area contributed by atoms with Crippen molar-refractivity contribution in [2.75, 3.05) is 13.7 Å². The average molecular weight is 316 g/mol. The maximum absolute atomic E-state index is 11.8. The average Bonchev–Trinajstić information content (AvgIpc) is 3.03. The fourth-order valence-electron chi connectivity index (χ4n) is 2.19. The Bertz CT molecular complexity index is 652. The molecule has 0 bridgehead atoms. The lowest BCUT2D eigenvalue weighted by atomic mass is 10.2. The molecular weight excluding hydrogens is 296 g/mol. The molecule has 1 amide bonds. The number of nitrogens with one attached hydrogen (secondary N) is 2. The number of benzene rings is 1. The van der Waals surface area contributed by atoms with Crippen LogP contribution >= 0.6 is 0 Å². The van der Waals surface area contributed by atoms with Gasteiger partial charge in [-0.05, 0) is 24.1 Å². The summed E-state index contributed by atoms with van der Waals surface area (Å²) in [6.07, 6.45) is -0.178. The number of carbonyl (C=O) groups is 2. The predicted octanol–water partition coefficient (Wildman–Crippen LogP) is 1.83. The maximum atomic E-state index is 11.8. The van der Waals surface area contributed by atoms with E-state index < -0.39 is 12.1 Å². The molecule has 0 spiro atoms. The third kappa shape index (κ3) is 4.96. The van der Waals surface area contributed by atoms with Crippen molar-refractivity contribution >= 4 is 11.9 Å². The fourth-order valence-corrected chi connectivity index (χ4v) is 2.19. The van der Waals surface area contributed by atoms with E-state index in [0.29, 0.717) is 6.42 Å². The molecule has 0 fully saturated rings. The summed E-state index contributed by atoms with van der Waals surface area (Å²) in [5, 5.41) is 11.4. The zero-order valence-electron chi connectivity index (χ0n) is 12.9. The fraction of sp³-hybridized carbons (Fsp3) is 0.294. The molecule has 0 saturated carbocycles. The molecule has 2 aromatic rings. The molecule has 1 aromatic heterocycles. The number of amides is 1. The Morgan fingerprint density at radius 3 is 2.61 bits per heavy atom. The number of methoxy groups -OCH3 is 1. The first-order chi connectivity index (χ1) is 11.1. The summed E-state index contributed by atoms with van der Waals surface area (Å²) in [6.45, 7) is -0.0370. The van der Waals surface area contributed by atoms with Crippen LogP contribution in [-0.4, -0.2) is 41.7 Å². The molecule has 3 N–H and O–H groups in total. The number of carboxylic acids is 1. The molecule has 0 aliphatic carbocycles. The van der Waals surface area contributed by atoms with Crippen LogP contribution < -0.4 is 5.32 Å². The van der Waals surface area contributed by atoms with Gasteiger partial charge >= 0.3 is 5.97 Å². The minimum absolute atomic E-state index is 0.0370. The number of rotatable bonds is 8. The number of H-pyrrole nitrogens is 1. The monoisotopic (exact) mass is 316 g/mol. The van der Waals surface area contributed by atoms with Crippen molar-refractivity contribution in [3.8, 4) is 11.3 Å². The quantitative estimate of drug-likeness (QED) is 0.693. The van der Waals surface area contributed by atoms with E-state index in [2.05, 4.69) is 10.3 Å². The molecule has 1 unspecified atom stereocenters. The maximum Gasteiger partial charge on any atom is 0.334 e. The van der Waals surface area contributed by atoms with Crippen LogP contribution in [0.3, 0.4) is 0 Å². The van der Waals surface area contributed by atoms with E-state index in [1.807, 2.05) is 42.5 Å². The summed E-state index contributed by atoms with van der Waals surface area (Å²) in [5.41, 5.74) is 3.06. The van der Waals surface area contributed by atoms with Gasteiger partial charge in [0.1, 0.15) is 0 Å². The highest BCUT2D eigenvalue weighted by Gasteiger charge is 2.17. The van der Waals surface area contributed by atoms with E-state index in [1.165, 1.54) is 7.11 Å². The van der Waals surface area contributed by atoms with Gasteiger partial charge < -0.3 is 20.1 Å². The summed E-state index contributed by atoms with van der Waals surface area (Å²) in [7, 11) is 1.30. The molecule has 0 radical (unpaired) electrons. The summed E-state index contributed by atoms with van der Waals surface area (Å²) in [4.78, 5) is 25.8. The van der Waals surface area contributed by atoms with Gasteiger partial charge in [0.25, 0.3) is 0 Å².